The molecule has 0 fully saturated rings. The SMILES string of the molecule is C=CCCCC(N)c1ccccc1OC. The van der Waals surface area contributed by atoms with E-state index in [4.69, 9.17) is 10.5 Å². The molecule has 2 nitrogen and oxygen atoms in total. The first-order chi connectivity index (χ1) is 7.29. The maximum atomic E-state index is 6.10. The Morgan fingerprint density at radius 3 is 2.87 bits per heavy atom. The minimum Gasteiger partial charge on any atom is -0.496 e. The molecule has 0 saturated heterocycles. The molecule has 15 heavy (non-hydrogen) atoms. The van der Waals surface area contributed by atoms with Crippen molar-refractivity contribution in [2.45, 2.75) is 25.3 Å². The molecule has 2 heteroatoms. The number of ether oxygens (including phenoxy) is 1. The normalized spacial score (nSPS) is 12.1. The lowest BCUT2D eigenvalue weighted by Crippen LogP contribution is -2.11. The molecule has 0 aliphatic rings. The highest BCUT2D eigenvalue weighted by Gasteiger charge is 2.09. The van der Waals surface area contributed by atoms with Crippen molar-refractivity contribution in [2.24, 2.45) is 5.73 Å². The fourth-order valence-electron chi connectivity index (χ4n) is 1.61. The molecule has 0 aliphatic carbocycles. The number of hydrogen-bond donors (Lipinski definition) is 1. The van der Waals surface area contributed by atoms with Crippen LogP contribution in [0.2, 0.25) is 0 Å². The fraction of sp³-hybridized carbons (Fsp3) is 0.385. The number of allylic oxidation sites excluding steroid dienone is 1. The topological polar surface area (TPSA) is 35.2 Å². The zero-order chi connectivity index (χ0) is 11.1. The van der Waals surface area contributed by atoms with Gasteiger partial charge in [0.15, 0.2) is 0 Å². The van der Waals surface area contributed by atoms with Gasteiger partial charge in [0, 0.05) is 11.6 Å². The quantitative estimate of drug-likeness (QED) is 0.572. The van der Waals surface area contributed by atoms with E-state index in [1.54, 1.807) is 7.11 Å². The lowest BCUT2D eigenvalue weighted by molar-refractivity contribution is 0.403. The van der Waals surface area contributed by atoms with Crippen molar-refractivity contribution in [1.29, 1.82) is 0 Å². The third-order valence-electron chi connectivity index (χ3n) is 2.46. The van der Waals surface area contributed by atoms with Gasteiger partial charge < -0.3 is 10.5 Å². The van der Waals surface area contributed by atoms with Crippen molar-refractivity contribution in [3.8, 4) is 5.75 Å². The van der Waals surface area contributed by atoms with Gasteiger partial charge in [0.2, 0.25) is 0 Å². The van der Waals surface area contributed by atoms with Crippen molar-refractivity contribution in [1.82, 2.24) is 0 Å². The predicted molar refractivity (Wildman–Crippen MR) is 64.0 cm³/mol. The van der Waals surface area contributed by atoms with E-state index in [-0.39, 0.29) is 6.04 Å². The van der Waals surface area contributed by atoms with Gasteiger partial charge in [-0.3, -0.25) is 0 Å². The Bertz CT molecular complexity index is 309. The van der Waals surface area contributed by atoms with Crippen LogP contribution in [0.3, 0.4) is 0 Å². The number of methoxy groups -OCH3 is 1. The van der Waals surface area contributed by atoms with Crippen molar-refractivity contribution >= 4 is 0 Å². The number of nitrogens with two attached hydrogens (primary N) is 1. The first-order valence-electron chi connectivity index (χ1n) is 5.29. The Kier molecular flexibility index (Phi) is 4.91. The summed E-state index contributed by atoms with van der Waals surface area (Å²) in [7, 11) is 1.68. The van der Waals surface area contributed by atoms with Gasteiger partial charge in [0.05, 0.1) is 7.11 Å². The summed E-state index contributed by atoms with van der Waals surface area (Å²) in [5.74, 6) is 0.878. The van der Waals surface area contributed by atoms with E-state index >= 15 is 0 Å². The first kappa shape index (κ1) is 11.8. The molecule has 1 aromatic rings. The Labute approximate surface area is 91.7 Å². The standard InChI is InChI=1S/C13H19NO/c1-3-4-5-9-12(14)11-8-6-7-10-13(11)15-2/h3,6-8,10,12H,1,4-5,9,14H2,2H3. The predicted octanol–water partition coefficient (Wildman–Crippen LogP) is 3.05. The van der Waals surface area contributed by atoms with E-state index in [2.05, 4.69) is 6.58 Å². The number of rotatable bonds is 6. The van der Waals surface area contributed by atoms with Crippen LogP contribution in [0.1, 0.15) is 30.9 Å². The van der Waals surface area contributed by atoms with Crippen molar-refractivity contribution in [3.05, 3.63) is 42.5 Å². The van der Waals surface area contributed by atoms with Crippen LogP contribution in [0.25, 0.3) is 0 Å². The molecular formula is C13H19NO. The van der Waals surface area contributed by atoms with E-state index in [9.17, 15) is 0 Å². The van der Waals surface area contributed by atoms with Crippen LogP contribution < -0.4 is 10.5 Å². The van der Waals surface area contributed by atoms with Gasteiger partial charge in [-0.1, -0.05) is 24.3 Å². The molecule has 0 amide bonds. The number of unbranched alkanes of at least 4 members (excludes halogenated alkanes) is 1. The van der Waals surface area contributed by atoms with Gasteiger partial charge in [-0.05, 0) is 25.3 Å². The van der Waals surface area contributed by atoms with E-state index in [1.807, 2.05) is 30.3 Å². The minimum atomic E-state index is 0.0566. The summed E-state index contributed by atoms with van der Waals surface area (Å²) in [5, 5.41) is 0. The van der Waals surface area contributed by atoms with Gasteiger partial charge in [0.25, 0.3) is 0 Å². The maximum absolute atomic E-state index is 6.10. The molecule has 82 valence electrons. The molecule has 0 radical (unpaired) electrons. The number of hydrogen-bond acceptors (Lipinski definition) is 2. The summed E-state index contributed by atoms with van der Waals surface area (Å²) in [4.78, 5) is 0. The summed E-state index contributed by atoms with van der Waals surface area (Å²) in [6.45, 7) is 3.70. The third kappa shape index (κ3) is 3.40. The van der Waals surface area contributed by atoms with Gasteiger partial charge in [-0.15, -0.1) is 6.58 Å². The first-order valence-corrected chi connectivity index (χ1v) is 5.29. The number of benzene rings is 1. The van der Waals surface area contributed by atoms with Crippen LogP contribution >= 0.6 is 0 Å². The Morgan fingerprint density at radius 1 is 1.47 bits per heavy atom. The summed E-state index contributed by atoms with van der Waals surface area (Å²) < 4.78 is 5.27. The average Bonchev–Trinajstić information content (AvgIpc) is 2.29. The third-order valence-corrected chi connectivity index (χ3v) is 2.46. The lowest BCUT2D eigenvalue weighted by Gasteiger charge is -2.14. The van der Waals surface area contributed by atoms with Gasteiger partial charge >= 0.3 is 0 Å². The highest BCUT2D eigenvalue weighted by Crippen LogP contribution is 2.26. The molecule has 0 heterocycles. The molecule has 1 unspecified atom stereocenters. The Hall–Kier alpha value is -1.28. The summed E-state index contributed by atoms with van der Waals surface area (Å²) in [6.07, 6.45) is 4.98. The second kappa shape index (κ2) is 6.25. The molecule has 2 N–H and O–H groups in total. The second-order valence-corrected chi connectivity index (χ2v) is 3.57. The molecule has 1 rings (SSSR count). The lowest BCUT2D eigenvalue weighted by atomic mass is 10.0. The zero-order valence-corrected chi connectivity index (χ0v) is 9.28. The van der Waals surface area contributed by atoms with Gasteiger partial charge in [0.1, 0.15) is 5.75 Å². The van der Waals surface area contributed by atoms with E-state index in [1.165, 1.54) is 0 Å². The Balaban J connectivity index is 2.63. The van der Waals surface area contributed by atoms with E-state index in [0.29, 0.717) is 0 Å². The van der Waals surface area contributed by atoms with Crippen LogP contribution in [-0.2, 0) is 0 Å². The van der Waals surface area contributed by atoms with Crippen LogP contribution in [-0.4, -0.2) is 7.11 Å². The van der Waals surface area contributed by atoms with E-state index < -0.39 is 0 Å². The van der Waals surface area contributed by atoms with Crippen LogP contribution in [0, 0.1) is 0 Å². The monoisotopic (exact) mass is 205 g/mol. The average molecular weight is 205 g/mol. The summed E-state index contributed by atoms with van der Waals surface area (Å²) >= 11 is 0. The van der Waals surface area contributed by atoms with Crippen LogP contribution in [0.5, 0.6) is 5.75 Å². The molecule has 1 atom stereocenters. The van der Waals surface area contributed by atoms with Gasteiger partial charge in [-0.2, -0.15) is 0 Å². The smallest absolute Gasteiger partial charge is 0.123 e. The Morgan fingerprint density at radius 2 is 2.20 bits per heavy atom. The minimum absolute atomic E-state index is 0.0566. The van der Waals surface area contributed by atoms with Crippen LogP contribution in [0.4, 0.5) is 0 Å². The highest BCUT2D eigenvalue weighted by molar-refractivity contribution is 5.35. The second-order valence-electron chi connectivity index (χ2n) is 3.57. The zero-order valence-electron chi connectivity index (χ0n) is 9.28. The van der Waals surface area contributed by atoms with Gasteiger partial charge in [-0.25, -0.2) is 0 Å². The molecule has 0 aromatic heterocycles. The van der Waals surface area contributed by atoms with E-state index in [0.717, 1.165) is 30.6 Å². The fourth-order valence-corrected chi connectivity index (χ4v) is 1.61. The van der Waals surface area contributed by atoms with Crippen molar-refractivity contribution in [2.75, 3.05) is 7.11 Å². The molecule has 0 saturated carbocycles. The molecule has 0 bridgehead atoms. The highest BCUT2D eigenvalue weighted by atomic mass is 16.5. The summed E-state index contributed by atoms with van der Waals surface area (Å²) in [5.41, 5.74) is 7.18. The van der Waals surface area contributed by atoms with Crippen molar-refractivity contribution in [3.63, 3.8) is 0 Å². The number of para-hydroxylation sites is 1. The molecule has 1 aromatic carbocycles. The molecule has 0 aliphatic heterocycles. The summed E-state index contributed by atoms with van der Waals surface area (Å²) in [6, 6.07) is 7.98. The largest absolute Gasteiger partial charge is 0.496 e. The molecule has 0 spiro atoms. The van der Waals surface area contributed by atoms with Crippen molar-refractivity contribution < 1.29 is 4.74 Å². The maximum Gasteiger partial charge on any atom is 0.123 e. The molecular weight excluding hydrogens is 186 g/mol. The van der Waals surface area contributed by atoms with Crippen LogP contribution in [0.15, 0.2) is 36.9 Å².